The van der Waals surface area contributed by atoms with Crippen LogP contribution in [-0.4, -0.2) is 5.91 Å². The third kappa shape index (κ3) is 2.90. The summed E-state index contributed by atoms with van der Waals surface area (Å²) in [6, 6.07) is 14.9. The second kappa shape index (κ2) is 6.19. The predicted octanol–water partition coefficient (Wildman–Crippen LogP) is 4.37. The lowest BCUT2D eigenvalue weighted by Gasteiger charge is -2.26. The number of hydrogen-bond donors (Lipinski definition) is 1. The molecule has 2 aromatic rings. The predicted molar refractivity (Wildman–Crippen MR) is 92.7 cm³/mol. The van der Waals surface area contributed by atoms with E-state index in [1.807, 2.05) is 6.07 Å². The largest absolute Gasteiger partial charge is 0.345 e. The second-order valence-corrected chi connectivity index (χ2v) is 6.81. The normalized spacial score (nSPS) is 19.6. The summed E-state index contributed by atoms with van der Waals surface area (Å²) in [7, 11) is 0. The second-order valence-electron chi connectivity index (χ2n) is 6.81. The monoisotopic (exact) mass is 305 g/mol. The van der Waals surface area contributed by atoms with Crippen LogP contribution in [-0.2, 0) is 19.3 Å². The van der Waals surface area contributed by atoms with Crippen molar-refractivity contribution in [3.05, 3.63) is 70.3 Å². The maximum Gasteiger partial charge on any atom is 0.251 e. The van der Waals surface area contributed by atoms with Gasteiger partial charge in [0.1, 0.15) is 0 Å². The minimum Gasteiger partial charge on any atom is -0.345 e. The van der Waals surface area contributed by atoms with E-state index >= 15 is 0 Å². The van der Waals surface area contributed by atoms with Crippen molar-refractivity contribution >= 4 is 5.91 Å². The van der Waals surface area contributed by atoms with Crippen LogP contribution >= 0.6 is 0 Å². The van der Waals surface area contributed by atoms with E-state index in [0.29, 0.717) is 0 Å². The summed E-state index contributed by atoms with van der Waals surface area (Å²) in [6.07, 6.45) is 8.10. The Kier molecular flexibility index (Phi) is 3.90. The first-order valence-corrected chi connectivity index (χ1v) is 8.82. The summed E-state index contributed by atoms with van der Waals surface area (Å²) in [5, 5.41) is 3.26. The molecule has 0 heterocycles. The van der Waals surface area contributed by atoms with Gasteiger partial charge in [0.25, 0.3) is 5.91 Å². The zero-order valence-corrected chi connectivity index (χ0v) is 13.5. The number of carbonyl (C=O) groups excluding carboxylic acids is 1. The molecule has 118 valence electrons. The van der Waals surface area contributed by atoms with Gasteiger partial charge in [-0.25, -0.2) is 0 Å². The third-order valence-electron chi connectivity index (χ3n) is 5.29. The molecule has 4 rings (SSSR count). The van der Waals surface area contributed by atoms with Crippen molar-refractivity contribution in [3.8, 4) is 0 Å². The lowest BCUT2D eigenvalue weighted by molar-refractivity contribution is 0.0932. The summed E-state index contributed by atoms with van der Waals surface area (Å²) in [6.45, 7) is 0. The van der Waals surface area contributed by atoms with Crippen LogP contribution in [0.2, 0.25) is 0 Å². The van der Waals surface area contributed by atoms with Gasteiger partial charge >= 0.3 is 0 Å². The van der Waals surface area contributed by atoms with Crippen LogP contribution in [0, 0.1) is 0 Å². The van der Waals surface area contributed by atoms with Crippen LogP contribution in [0.4, 0.5) is 0 Å². The molecule has 1 atom stereocenters. The van der Waals surface area contributed by atoms with E-state index < -0.39 is 0 Å². The van der Waals surface area contributed by atoms with Gasteiger partial charge in [0.05, 0.1) is 6.04 Å². The molecule has 0 aliphatic heterocycles. The Balaban J connectivity index is 1.55. The highest BCUT2D eigenvalue weighted by atomic mass is 16.1. The lowest BCUT2D eigenvalue weighted by atomic mass is 9.87. The summed E-state index contributed by atoms with van der Waals surface area (Å²) in [5.41, 5.74) is 6.29. The average Bonchev–Trinajstić information content (AvgIpc) is 2.61. The van der Waals surface area contributed by atoms with E-state index in [9.17, 15) is 4.79 Å². The fourth-order valence-corrected chi connectivity index (χ4v) is 4.02. The first-order valence-electron chi connectivity index (χ1n) is 8.82. The number of hydrogen-bond acceptors (Lipinski definition) is 1. The molecule has 1 N–H and O–H groups in total. The zero-order chi connectivity index (χ0) is 15.6. The Labute approximate surface area is 137 Å². The molecule has 2 aromatic carbocycles. The molecule has 0 unspecified atom stereocenters. The van der Waals surface area contributed by atoms with Gasteiger partial charge in [-0.05, 0) is 79.3 Å². The summed E-state index contributed by atoms with van der Waals surface area (Å²) in [4.78, 5) is 12.7. The van der Waals surface area contributed by atoms with Crippen molar-refractivity contribution in [2.45, 2.75) is 51.0 Å². The van der Waals surface area contributed by atoms with Gasteiger partial charge in [0.15, 0.2) is 0 Å². The van der Waals surface area contributed by atoms with Gasteiger partial charge in [-0.15, -0.1) is 0 Å². The van der Waals surface area contributed by atoms with Gasteiger partial charge in [0, 0.05) is 5.56 Å². The smallest absolute Gasteiger partial charge is 0.251 e. The highest BCUT2D eigenvalue weighted by Crippen LogP contribution is 2.30. The molecular formula is C21H23NO. The van der Waals surface area contributed by atoms with Crippen LogP contribution in [0.15, 0.2) is 42.5 Å². The van der Waals surface area contributed by atoms with Gasteiger partial charge in [0.2, 0.25) is 0 Å². The molecule has 0 aromatic heterocycles. The Bertz CT molecular complexity index is 734. The van der Waals surface area contributed by atoms with E-state index in [-0.39, 0.29) is 11.9 Å². The first-order chi connectivity index (χ1) is 11.3. The zero-order valence-electron chi connectivity index (χ0n) is 13.5. The molecule has 2 aliphatic rings. The molecule has 0 saturated carbocycles. The SMILES string of the molecule is O=C(N[C@H]1CCCc2ccccc21)c1ccc2c(c1)CCCC2. The maximum absolute atomic E-state index is 12.7. The van der Waals surface area contributed by atoms with E-state index in [4.69, 9.17) is 0 Å². The van der Waals surface area contributed by atoms with E-state index in [2.05, 4.69) is 41.7 Å². The van der Waals surface area contributed by atoms with Crippen molar-refractivity contribution in [2.24, 2.45) is 0 Å². The quantitative estimate of drug-likeness (QED) is 0.877. The molecule has 2 heteroatoms. The molecule has 2 aliphatic carbocycles. The topological polar surface area (TPSA) is 29.1 Å². The minimum atomic E-state index is 0.0695. The lowest BCUT2D eigenvalue weighted by Crippen LogP contribution is -2.31. The molecule has 0 saturated heterocycles. The molecule has 0 bridgehead atoms. The van der Waals surface area contributed by atoms with Crippen molar-refractivity contribution in [2.75, 3.05) is 0 Å². The fourth-order valence-electron chi connectivity index (χ4n) is 4.02. The van der Waals surface area contributed by atoms with Gasteiger partial charge in [-0.1, -0.05) is 30.3 Å². The Morgan fingerprint density at radius 1 is 0.870 bits per heavy atom. The number of rotatable bonds is 2. The van der Waals surface area contributed by atoms with Gasteiger partial charge in [-0.2, -0.15) is 0 Å². The molecule has 0 radical (unpaired) electrons. The van der Waals surface area contributed by atoms with Crippen LogP contribution in [0.1, 0.15) is 64.3 Å². The molecule has 1 amide bonds. The van der Waals surface area contributed by atoms with E-state index in [1.54, 1.807) is 0 Å². The first kappa shape index (κ1) is 14.5. The van der Waals surface area contributed by atoms with Crippen LogP contribution in [0.3, 0.4) is 0 Å². The molecule has 23 heavy (non-hydrogen) atoms. The number of fused-ring (bicyclic) bond motifs is 2. The van der Waals surface area contributed by atoms with Gasteiger partial charge in [-0.3, -0.25) is 4.79 Å². The molecule has 2 nitrogen and oxygen atoms in total. The summed E-state index contributed by atoms with van der Waals surface area (Å²) >= 11 is 0. The summed E-state index contributed by atoms with van der Waals surface area (Å²) in [5.74, 6) is 0.0695. The molecular weight excluding hydrogens is 282 g/mol. The van der Waals surface area contributed by atoms with E-state index in [0.717, 1.165) is 37.7 Å². The number of carbonyl (C=O) groups is 1. The minimum absolute atomic E-state index is 0.0695. The molecule has 0 spiro atoms. The van der Waals surface area contributed by atoms with Gasteiger partial charge < -0.3 is 5.32 Å². The van der Waals surface area contributed by atoms with Crippen LogP contribution in [0.5, 0.6) is 0 Å². The van der Waals surface area contributed by atoms with Crippen molar-refractivity contribution in [1.82, 2.24) is 5.32 Å². The Hall–Kier alpha value is -2.09. The van der Waals surface area contributed by atoms with Crippen LogP contribution in [0.25, 0.3) is 0 Å². The van der Waals surface area contributed by atoms with Crippen molar-refractivity contribution in [3.63, 3.8) is 0 Å². The number of benzene rings is 2. The van der Waals surface area contributed by atoms with Crippen LogP contribution < -0.4 is 5.32 Å². The number of amides is 1. The Morgan fingerprint density at radius 3 is 2.57 bits per heavy atom. The van der Waals surface area contributed by atoms with E-state index in [1.165, 1.54) is 35.1 Å². The molecule has 0 fully saturated rings. The average molecular weight is 305 g/mol. The van der Waals surface area contributed by atoms with Crippen molar-refractivity contribution < 1.29 is 4.79 Å². The number of nitrogens with one attached hydrogen (secondary N) is 1. The maximum atomic E-state index is 12.7. The fraction of sp³-hybridized carbons (Fsp3) is 0.381. The summed E-state index contributed by atoms with van der Waals surface area (Å²) < 4.78 is 0. The third-order valence-corrected chi connectivity index (χ3v) is 5.29. The highest BCUT2D eigenvalue weighted by molar-refractivity contribution is 5.94. The number of aryl methyl sites for hydroxylation is 3. The standard InChI is InChI=1S/C21H23NO/c23-21(18-13-12-15-6-1-2-8-17(15)14-18)22-20-11-5-9-16-7-3-4-10-19(16)20/h3-4,7,10,12-14,20H,1-2,5-6,8-9,11H2,(H,22,23)/t20-/m0/s1. The Morgan fingerprint density at radius 2 is 1.65 bits per heavy atom. The van der Waals surface area contributed by atoms with Crippen molar-refractivity contribution in [1.29, 1.82) is 0 Å². The highest BCUT2D eigenvalue weighted by Gasteiger charge is 2.22.